The van der Waals surface area contributed by atoms with Gasteiger partial charge < -0.3 is 4.18 Å². The summed E-state index contributed by atoms with van der Waals surface area (Å²) in [7, 11) is 1.43. The van der Waals surface area contributed by atoms with Crippen molar-refractivity contribution in [3.8, 4) is 0 Å². The molecule has 1 nitrogen and oxygen atoms in total. The summed E-state index contributed by atoms with van der Waals surface area (Å²) in [6, 6.07) is 0. The van der Waals surface area contributed by atoms with Crippen LogP contribution in [0.4, 0.5) is 0 Å². The minimum atomic E-state index is 0.874. The maximum absolute atomic E-state index is 5.20. The molecule has 0 N–H and O–H groups in total. The Hall–Kier alpha value is 0.780. The van der Waals surface area contributed by atoms with E-state index in [4.69, 9.17) is 4.18 Å². The van der Waals surface area contributed by atoms with Crippen LogP contribution in [0.3, 0.4) is 0 Å². The van der Waals surface area contributed by atoms with Crippen molar-refractivity contribution >= 4 is 30.4 Å². The van der Waals surface area contributed by atoms with Gasteiger partial charge in [-0.2, -0.15) is 0 Å². The van der Waals surface area contributed by atoms with Crippen molar-refractivity contribution in [2.45, 2.75) is 32.1 Å². The molecule has 0 radical (unpaired) electrons. The average molecular weight is 284 g/mol. The molecule has 0 aromatic heterocycles. The SMILES string of the molecule is ISOCCC1=CCCCC1. The molecule has 0 saturated heterocycles. The highest BCUT2D eigenvalue weighted by atomic mass is 127. The molecule has 1 aliphatic rings. The Kier molecular flexibility index (Phi) is 5.66. The first-order chi connectivity index (χ1) is 5.43. The molecular formula is C8H13IOS. The molecule has 1 aliphatic carbocycles. The first kappa shape index (κ1) is 9.86. The van der Waals surface area contributed by atoms with Crippen LogP contribution in [0.25, 0.3) is 0 Å². The Morgan fingerprint density at radius 2 is 2.45 bits per heavy atom. The lowest BCUT2D eigenvalue weighted by Gasteiger charge is -2.11. The van der Waals surface area contributed by atoms with Crippen LogP contribution >= 0.6 is 30.4 Å². The molecule has 0 saturated carbocycles. The van der Waals surface area contributed by atoms with Gasteiger partial charge in [-0.1, -0.05) is 11.6 Å². The fraction of sp³-hybridized carbons (Fsp3) is 0.750. The quantitative estimate of drug-likeness (QED) is 0.335. The van der Waals surface area contributed by atoms with Crippen LogP contribution in [0.5, 0.6) is 0 Å². The zero-order valence-corrected chi connectivity index (χ0v) is 9.49. The second kappa shape index (κ2) is 6.31. The predicted octanol–water partition coefficient (Wildman–Crippen LogP) is 3.89. The fourth-order valence-corrected chi connectivity index (χ4v) is 2.02. The van der Waals surface area contributed by atoms with Gasteiger partial charge in [-0.3, -0.25) is 0 Å². The summed E-state index contributed by atoms with van der Waals surface area (Å²) < 4.78 is 5.20. The normalized spacial score (nSPS) is 18.1. The zero-order valence-electron chi connectivity index (χ0n) is 6.51. The molecule has 11 heavy (non-hydrogen) atoms. The molecule has 64 valence electrons. The highest BCUT2D eigenvalue weighted by molar-refractivity contribution is 14.2. The first-order valence-corrected chi connectivity index (χ1v) is 7.30. The van der Waals surface area contributed by atoms with E-state index in [1.807, 2.05) is 0 Å². The van der Waals surface area contributed by atoms with E-state index in [9.17, 15) is 0 Å². The van der Waals surface area contributed by atoms with E-state index in [-0.39, 0.29) is 0 Å². The zero-order chi connectivity index (χ0) is 7.94. The van der Waals surface area contributed by atoms with E-state index >= 15 is 0 Å². The number of hydrogen-bond donors (Lipinski definition) is 0. The molecule has 0 bridgehead atoms. The Labute approximate surface area is 84.8 Å². The summed E-state index contributed by atoms with van der Waals surface area (Å²) in [4.78, 5) is 0. The van der Waals surface area contributed by atoms with Crippen molar-refractivity contribution in [2.24, 2.45) is 0 Å². The third-order valence-electron chi connectivity index (χ3n) is 1.94. The highest BCUT2D eigenvalue weighted by Gasteiger charge is 2.02. The van der Waals surface area contributed by atoms with Gasteiger partial charge in [0.1, 0.15) is 0 Å². The summed E-state index contributed by atoms with van der Waals surface area (Å²) in [6.45, 7) is 0.874. The van der Waals surface area contributed by atoms with Gasteiger partial charge in [0, 0.05) is 21.2 Å². The third-order valence-corrected chi connectivity index (χ3v) is 2.95. The Bertz CT molecular complexity index is 136. The van der Waals surface area contributed by atoms with Gasteiger partial charge >= 0.3 is 0 Å². The Morgan fingerprint density at radius 1 is 1.55 bits per heavy atom. The lowest BCUT2D eigenvalue weighted by molar-refractivity contribution is 0.381. The van der Waals surface area contributed by atoms with Crippen LogP contribution in [-0.2, 0) is 4.18 Å². The van der Waals surface area contributed by atoms with Crippen molar-refractivity contribution in [3.63, 3.8) is 0 Å². The van der Waals surface area contributed by atoms with Crippen molar-refractivity contribution in [3.05, 3.63) is 11.6 Å². The average Bonchev–Trinajstić information content (AvgIpc) is 2.07. The van der Waals surface area contributed by atoms with Crippen molar-refractivity contribution < 1.29 is 4.18 Å². The highest BCUT2D eigenvalue weighted by Crippen LogP contribution is 2.21. The first-order valence-electron chi connectivity index (χ1n) is 4.01. The van der Waals surface area contributed by atoms with Gasteiger partial charge in [-0.05, 0) is 32.1 Å². The molecule has 0 heterocycles. The van der Waals surface area contributed by atoms with Gasteiger partial charge in [0.2, 0.25) is 0 Å². The monoisotopic (exact) mass is 284 g/mol. The summed E-state index contributed by atoms with van der Waals surface area (Å²) >= 11 is 2.16. The largest absolute Gasteiger partial charge is 0.305 e. The van der Waals surface area contributed by atoms with Gasteiger partial charge in [0.25, 0.3) is 0 Å². The Balaban J connectivity index is 2.09. The van der Waals surface area contributed by atoms with E-state index < -0.39 is 0 Å². The maximum Gasteiger partial charge on any atom is 0.0660 e. The summed E-state index contributed by atoms with van der Waals surface area (Å²) in [5.74, 6) is 0. The summed E-state index contributed by atoms with van der Waals surface area (Å²) in [5, 5.41) is 0. The minimum Gasteiger partial charge on any atom is -0.305 e. The molecular weight excluding hydrogens is 271 g/mol. The van der Waals surface area contributed by atoms with Crippen LogP contribution in [0.1, 0.15) is 32.1 Å². The second-order valence-electron chi connectivity index (χ2n) is 2.74. The van der Waals surface area contributed by atoms with Crippen molar-refractivity contribution in [1.82, 2.24) is 0 Å². The standard InChI is InChI=1S/C8H13IOS/c9-11-10-7-6-8-4-2-1-3-5-8/h4H,1-3,5-7H2. The van der Waals surface area contributed by atoms with E-state index in [2.05, 4.69) is 27.3 Å². The summed E-state index contributed by atoms with van der Waals surface area (Å²) in [5.41, 5.74) is 1.60. The molecule has 3 heteroatoms. The van der Waals surface area contributed by atoms with Crippen LogP contribution in [0.15, 0.2) is 11.6 Å². The van der Waals surface area contributed by atoms with E-state index in [1.54, 1.807) is 5.57 Å². The van der Waals surface area contributed by atoms with Crippen LogP contribution in [0, 0.1) is 0 Å². The van der Waals surface area contributed by atoms with E-state index in [0.29, 0.717) is 0 Å². The second-order valence-corrected chi connectivity index (χ2v) is 4.18. The smallest absolute Gasteiger partial charge is 0.0660 e. The minimum absolute atomic E-state index is 0.874. The van der Waals surface area contributed by atoms with E-state index in [0.717, 1.165) is 13.0 Å². The number of allylic oxidation sites excluding steroid dienone is 1. The lowest BCUT2D eigenvalue weighted by atomic mass is 9.98. The Morgan fingerprint density at radius 3 is 3.09 bits per heavy atom. The van der Waals surface area contributed by atoms with E-state index in [1.165, 1.54) is 34.9 Å². The number of halogens is 1. The number of hydrogen-bond acceptors (Lipinski definition) is 2. The maximum atomic E-state index is 5.20. The molecule has 0 amide bonds. The van der Waals surface area contributed by atoms with Gasteiger partial charge in [0.05, 0.1) is 15.8 Å². The van der Waals surface area contributed by atoms with Crippen molar-refractivity contribution in [2.75, 3.05) is 6.61 Å². The fourth-order valence-electron chi connectivity index (χ4n) is 1.34. The van der Waals surface area contributed by atoms with Crippen LogP contribution in [-0.4, -0.2) is 6.61 Å². The van der Waals surface area contributed by atoms with Gasteiger partial charge in [-0.15, -0.1) is 0 Å². The van der Waals surface area contributed by atoms with Crippen molar-refractivity contribution in [1.29, 1.82) is 0 Å². The molecule has 0 aromatic carbocycles. The summed E-state index contributed by atoms with van der Waals surface area (Å²) in [6.07, 6.45) is 8.86. The third kappa shape index (κ3) is 4.38. The molecule has 0 aliphatic heterocycles. The molecule has 0 fully saturated rings. The topological polar surface area (TPSA) is 9.23 Å². The molecule has 0 atom stereocenters. The van der Waals surface area contributed by atoms with Gasteiger partial charge in [0.15, 0.2) is 0 Å². The number of rotatable bonds is 4. The van der Waals surface area contributed by atoms with Gasteiger partial charge in [-0.25, -0.2) is 0 Å². The molecule has 0 spiro atoms. The predicted molar refractivity (Wildman–Crippen MR) is 58.7 cm³/mol. The molecule has 0 unspecified atom stereocenters. The molecule has 0 aromatic rings. The molecule has 1 rings (SSSR count). The van der Waals surface area contributed by atoms with Crippen LogP contribution in [0.2, 0.25) is 0 Å². The lowest BCUT2D eigenvalue weighted by Crippen LogP contribution is -1.95. The van der Waals surface area contributed by atoms with Crippen LogP contribution < -0.4 is 0 Å².